The molecule has 0 spiro atoms. The van der Waals surface area contributed by atoms with Gasteiger partial charge in [0.05, 0.1) is 0 Å². The van der Waals surface area contributed by atoms with Crippen molar-refractivity contribution in [2.75, 3.05) is 0 Å². The van der Waals surface area contributed by atoms with Gasteiger partial charge >= 0.3 is 0 Å². The lowest BCUT2D eigenvalue weighted by Crippen LogP contribution is -2.45. The van der Waals surface area contributed by atoms with Crippen molar-refractivity contribution in [3.05, 3.63) is 46.9 Å². The van der Waals surface area contributed by atoms with Crippen molar-refractivity contribution in [1.82, 2.24) is 4.23 Å². The van der Waals surface area contributed by atoms with Crippen molar-refractivity contribution >= 4 is 46.0 Å². The first-order valence-electron chi connectivity index (χ1n) is 7.43. The average Bonchev–Trinajstić information content (AvgIpc) is 2.71. The lowest BCUT2D eigenvalue weighted by Gasteiger charge is -2.39. The van der Waals surface area contributed by atoms with Gasteiger partial charge in [-0.25, -0.2) is 0 Å². The second-order valence-electron chi connectivity index (χ2n) is 7.32. The summed E-state index contributed by atoms with van der Waals surface area (Å²) in [4.78, 5) is 0. The summed E-state index contributed by atoms with van der Waals surface area (Å²) in [5.41, 5.74) is 2.73. The van der Waals surface area contributed by atoms with Crippen LogP contribution in [0.1, 0.15) is 20.8 Å². The molecular weight excluding hydrogens is 338 g/mol. The van der Waals surface area contributed by atoms with Crippen LogP contribution in [0.3, 0.4) is 0 Å². The van der Waals surface area contributed by atoms with E-state index >= 15 is 0 Å². The number of aromatic nitrogens is 1. The van der Waals surface area contributed by atoms with Crippen LogP contribution >= 0.6 is 15.9 Å². The first kappa shape index (κ1) is 14.9. The number of hydrogen-bond donors (Lipinski definition) is 0. The molecule has 0 fully saturated rings. The Morgan fingerprint density at radius 3 is 2.19 bits per heavy atom. The Bertz CT molecular complexity index is 824. The summed E-state index contributed by atoms with van der Waals surface area (Å²) in [7, 11) is -1.68. The summed E-state index contributed by atoms with van der Waals surface area (Å²) >= 11 is 3.64. The topological polar surface area (TPSA) is 4.93 Å². The van der Waals surface area contributed by atoms with E-state index in [-0.39, 0.29) is 0 Å². The van der Waals surface area contributed by atoms with Gasteiger partial charge in [0, 0.05) is 26.3 Å². The predicted octanol–water partition coefficient (Wildman–Crippen LogP) is 6.41. The molecule has 0 amide bonds. The zero-order valence-corrected chi connectivity index (χ0v) is 16.0. The van der Waals surface area contributed by atoms with Crippen molar-refractivity contribution in [3.63, 3.8) is 0 Å². The summed E-state index contributed by atoms with van der Waals surface area (Å²) in [5.74, 6) is 0. The van der Waals surface area contributed by atoms with Crippen LogP contribution < -0.4 is 0 Å². The zero-order chi connectivity index (χ0) is 15.4. The van der Waals surface area contributed by atoms with Crippen molar-refractivity contribution < 1.29 is 0 Å². The lowest BCUT2D eigenvalue weighted by atomic mass is 10.2. The minimum atomic E-state index is -1.68. The SMILES string of the molecule is CC(C)(C)[Si](C)(C)n1c2ccccc2c2ccc(Br)cc21. The predicted molar refractivity (Wildman–Crippen MR) is 99.7 cm³/mol. The minimum Gasteiger partial charge on any atom is -0.368 e. The molecule has 110 valence electrons. The number of hydrogen-bond acceptors (Lipinski definition) is 0. The Balaban J connectivity index is 2.52. The number of para-hydroxylation sites is 1. The first-order valence-corrected chi connectivity index (χ1v) is 11.2. The molecule has 0 saturated carbocycles. The molecule has 0 radical (unpaired) electrons. The zero-order valence-electron chi connectivity index (χ0n) is 13.4. The van der Waals surface area contributed by atoms with E-state index in [0.717, 1.165) is 4.47 Å². The standard InChI is InChI=1S/C18H22BrNSi/c1-18(2,3)21(4,5)20-16-9-7-6-8-14(16)15-11-10-13(19)12-17(15)20/h6-12H,1-5H3. The van der Waals surface area contributed by atoms with Gasteiger partial charge in [-0.15, -0.1) is 0 Å². The molecule has 0 aliphatic carbocycles. The molecule has 0 bridgehead atoms. The van der Waals surface area contributed by atoms with E-state index in [1.54, 1.807) is 0 Å². The molecule has 2 aromatic carbocycles. The highest BCUT2D eigenvalue weighted by Gasteiger charge is 2.39. The van der Waals surface area contributed by atoms with Crippen LogP contribution in [-0.2, 0) is 0 Å². The first-order chi connectivity index (χ1) is 9.73. The fraction of sp³-hybridized carbons (Fsp3) is 0.333. The molecule has 0 N–H and O–H groups in total. The Kier molecular flexibility index (Phi) is 3.34. The second kappa shape index (κ2) is 4.72. The van der Waals surface area contributed by atoms with Crippen LogP contribution in [-0.4, -0.2) is 12.5 Å². The van der Waals surface area contributed by atoms with Crippen LogP contribution in [0.15, 0.2) is 46.9 Å². The third-order valence-electron chi connectivity index (χ3n) is 5.03. The average molecular weight is 360 g/mol. The Morgan fingerprint density at radius 2 is 1.52 bits per heavy atom. The van der Waals surface area contributed by atoms with E-state index in [9.17, 15) is 0 Å². The van der Waals surface area contributed by atoms with Crippen LogP contribution in [0.5, 0.6) is 0 Å². The molecule has 3 rings (SSSR count). The quantitative estimate of drug-likeness (QED) is 0.442. The van der Waals surface area contributed by atoms with Crippen LogP contribution in [0, 0.1) is 0 Å². The third kappa shape index (κ3) is 2.18. The lowest BCUT2D eigenvalue weighted by molar-refractivity contribution is 0.706. The maximum atomic E-state index is 3.64. The highest BCUT2D eigenvalue weighted by atomic mass is 79.9. The van der Waals surface area contributed by atoms with Gasteiger partial charge in [0.25, 0.3) is 0 Å². The Morgan fingerprint density at radius 1 is 0.905 bits per heavy atom. The van der Waals surface area contributed by atoms with Crippen molar-refractivity contribution in [1.29, 1.82) is 0 Å². The molecule has 3 heteroatoms. The normalized spacial score (nSPS) is 13.2. The molecule has 0 saturated heterocycles. The fourth-order valence-corrected chi connectivity index (χ4v) is 5.49. The molecule has 1 aromatic heterocycles. The van der Waals surface area contributed by atoms with Gasteiger partial charge in [0.15, 0.2) is 8.24 Å². The van der Waals surface area contributed by atoms with Crippen LogP contribution in [0.4, 0.5) is 0 Å². The van der Waals surface area contributed by atoms with Crippen LogP contribution in [0.25, 0.3) is 21.8 Å². The maximum Gasteiger partial charge on any atom is 0.161 e. The molecule has 0 unspecified atom stereocenters. The van der Waals surface area contributed by atoms with Gasteiger partial charge in [0.1, 0.15) is 0 Å². The highest BCUT2D eigenvalue weighted by Crippen LogP contribution is 2.42. The van der Waals surface area contributed by atoms with Gasteiger partial charge in [-0.1, -0.05) is 74.1 Å². The number of halogens is 1. The van der Waals surface area contributed by atoms with E-state index in [1.165, 1.54) is 21.8 Å². The molecular formula is C18H22BrNSi. The maximum absolute atomic E-state index is 3.64. The highest BCUT2D eigenvalue weighted by molar-refractivity contribution is 9.10. The number of nitrogens with zero attached hydrogens (tertiary/aromatic N) is 1. The molecule has 3 aromatic rings. The van der Waals surface area contributed by atoms with E-state index in [4.69, 9.17) is 0 Å². The number of benzene rings is 2. The smallest absolute Gasteiger partial charge is 0.161 e. The van der Waals surface area contributed by atoms with E-state index in [2.05, 4.69) is 96.5 Å². The fourth-order valence-electron chi connectivity index (χ4n) is 2.88. The Labute approximate surface area is 136 Å². The monoisotopic (exact) mass is 359 g/mol. The van der Waals surface area contributed by atoms with Gasteiger partial charge in [-0.3, -0.25) is 0 Å². The van der Waals surface area contributed by atoms with Gasteiger partial charge in [0.2, 0.25) is 0 Å². The van der Waals surface area contributed by atoms with Crippen molar-refractivity contribution in [3.8, 4) is 0 Å². The van der Waals surface area contributed by atoms with Gasteiger partial charge < -0.3 is 4.23 Å². The van der Waals surface area contributed by atoms with Crippen molar-refractivity contribution in [2.45, 2.75) is 38.9 Å². The molecule has 0 aliphatic rings. The van der Waals surface area contributed by atoms with E-state index in [0.29, 0.717) is 5.04 Å². The van der Waals surface area contributed by atoms with Crippen LogP contribution in [0.2, 0.25) is 18.1 Å². The molecule has 0 aliphatic heterocycles. The Hall–Kier alpha value is -1.06. The summed E-state index contributed by atoms with van der Waals surface area (Å²) < 4.78 is 3.79. The van der Waals surface area contributed by atoms with E-state index < -0.39 is 8.24 Å². The summed E-state index contributed by atoms with van der Waals surface area (Å²) in [6.45, 7) is 12.1. The number of fused-ring (bicyclic) bond motifs is 3. The molecule has 21 heavy (non-hydrogen) atoms. The largest absolute Gasteiger partial charge is 0.368 e. The summed E-state index contributed by atoms with van der Waals surface area (Å²) in [5, 5.41) is 3.02. The molecule has 1 nitrogen and oxygen atoms in total. The van der Waals surface area contributed by atoms with Gasteiger partial charge in [-0.05, 0) is 23.2 Å². The minimum absolute atomic E-state index is 0.296. The summed E-state index contributed by atoms with van der Waals surface area (Å²) in [6.07, 6.45) is 0. The van der Waals surface area contributed by atoms with Crippen molar-refractivity contribution in [2.24, 2.45) is 0 Å². The third-order valence-corrected chi connectivity index (χ3v) is 10.8. The van der Waals surface area contributed by atoms with E-state index in [1.807, 2.05) is 0 Å². The van der Waals surface area contributed by atoms with Gasteiger partial charge in [-0.2, -0.15) is 0 Å². The number of rotatable bonds is 1. The summed E-state index contributed by atoms with van der Waals surface area (Å²) in [6, 6.07) is 15.5. The molecule has 1 heterocycles. The molecule has 0 atom stereocenters. The second-order valence-corrected chi connectivity index (χ2v) is 13.3.